The van der Waals surface area contributed by atoms with Crippen LogP contribution >= 0.6 is 24.0 Å². The second-order valence-electron chi connectivity index (χ2n) is 7.51. The van der Waals surface area contributed by atoms with Crippen LogP contribution in [0, 0.1) is 0 Å². The van der Waals surface area contributed by atoms with E-state index >= 15 is 0 Å². The van der Waals surface area contributed by atoms with Gasteiger partial charge in [-0.15, -0.1) is 24.0 Å². The molecule has 1 aliphatic heterocycles. The van der Waals surface area contributed by atoms with E-state index in [0.29, 0.717) is 30.9 Å². The molecule has 0 radical (unpaired) electrons. The van der Waals surface area contributed by atoms with Gasteiger partial charge < -0.3 is 19.5 Å². The second-order valence-corrected chi connectivity index (χ2v) is 7.51. The maximum atomic E-state index is 12.4. The first-order valence-corrected chi connectivity index (χ1v) is 9.98. The Labute approximate surface area is 186 Å². The average Bonchev–Trinajstić information content (AvgIpc) is 3.18. The second kappa shape index (κ2) is 12.3. The molecule has 1 saturated heterocycles. The van der Waals surface area contributed by atoms with Crippen LogP contribution in [0.4, 0.5) is 0 Å². The minimum absolute atomic E-state index is 0. The number of piperazine rings is 1. The highest BCUT2D eigenvalue weighted by Crippen LogP contribution is 2.10. The maximum absolute atomic E-state index is 12.4. The lowest BCUT2D eigenvalue weighted by atomic mass is 10.2. The molecular formula is C20H36IN5O2. The standard InChI is InChI=1S/C20H35N5O2.HI/c1-16(2)25(17(3)4)10-7-9-22-20(21-5)24-13-11-23(12-14-24)19(26)18-8-6-15-27-18;/h6,8,15-17H,7,9-14H2,1-5H3,(H,21,22);1H. The van der Waals surface area contributed by atoms with Crippen molar-refractivity contribution >= 4 is 35.8 Å². The molecule has 0 saturated carbocycles. The van der Waals surface area contributed by atoms with E-state index in [-0.39, 0.29) is 29.9 Å². The topological polar surface area (TPSA) is 64.3 Å². The van der Waals surface area contributed by atoms with Crippen LogP contribution in [0.15, 0.2) is 27.8 Å². The van der Waals surface area contributed by atoms with Crippen molar-refractivity contribution in [2.24, 2.45) is 4.99 Å². The SMILES string of the molecule is CN=C(NCCCN(C(C)C)C(C)C)N1CCN(C(=O)c2ccco2)CC1.I. The van der Waals surface area contributed by atoms with Crippen LogP contribution in [-0.2, 0) is 0 Å². The van der Waals surface area contributed by atoms with Crippen LogP contribution in [0.3, 0.4) is 0 Å². The Hall–Kier alpha value is -1.29. The van der Waals surface area contributed by atoms with Gasteiger partial charge in [0.1, 0.15) is 0 Å². The van der Waals surface area contributed by atoms with Gasteiger partial charge >= 0.3 is 0 Å². The van der Waals surface area contributed by atoms with Crippen LogP contribution in [0.1, 0.15) is 44.7 Å². The van der Waals surface area contributed by atoms with Crippen LogP contribution < -0.4 is 5.32 Å². The summed E-state index contributed by atoms with van der Waals surface area (Å²) in [6.07, 6.45) is 2.61. The van der Waals surface area contributed by atoms with E-state index in [9.17, 15) is 4.79 Å². The summed E-state index contributed by atoms with van der Waals surface area (Å²) in [5, 5.41) is 3.47. The fourth-order valence-electron chi connectivity index (χ4n) is 3.58. The van der Waals surface area contributed by atoms with E-state index in [1.807, 2.05) is 11.9 Å². The van der Waals surface area contributed by atoms with E-state index in [2.05, 4.69) is 47.8 Å². The zero-order valence-electron chi connectivity index (χ0n) is 17.9. The molecule has 7 nitrogen and oxygen atoms in total. The normalized spacial score (nSPS) is 15.4. The van der Waals surface area contributed by atoms with Gasteiger partial charge in [0, 0.05) is 58.4 Å². The van der Waals surface area contributed by atoms with Gasteiger partial charge in [-0.25, -0.2) is 0 Å². The first-order valence-electron chi connectivity index (χ1n) is 9.98. The lowest BCUT2D eigenvalue weighted by Gasteiger charge is -2.36. The largest absolute Gasteiger partial charge is 0.459 e. The summed E-state index contributed by atoms with van der Waals surface area (Å²) in [4.78, 5) is 23.3. The monoisotopic (exact) mass is 505 g/mol. The van der Waals surface area contributed by atoms with Crippen LogP contribution in [0.5, 0.6) is 0 Å². The van der Waals surface area contributed by atoms with Crippen molar-refractivity contribution in [1.29, 1.82) is 0 Å². The van der Waals surface area contributed by atoms with Crippen molar-refractivity contribution in [1.82, 2.24) is 20.0 Å². The lowest BCUT2D eigenvalue weighted by molar-refractivity contribution is 0.0657. The van der Waals surface area contributed by atoms with E-state index in [1.54, 1.807) is 12.1 Å². The molecule has 1 aliphatic rings. The fourth-order valence-corrected chi connectivity index (χ4v) is 3.58. The zero-order valence-corrected chi connectivity index (χ0v) is 20.2. The first-order chi connectivity index (χ1) is 12.9. The average molecular weight is 505 g/mol. The Morgan fingerprint density at radius 2 is 1.79 bits per heavy atom. The summed E-state index contributed by atoms with van der Waals surface area (Å²) in [5.74, 6) is 1.29. The predicted octanol–water partition coefficient (Wildman–Crippen LogP) is 2.74. The number of hydrogen-bond acceptors (Lipinski definition) is 4. The summed E-state index contributed by atoms with van der Waals surface area (Å²) in [7, 11) is 1.82. The number of furan rings is 1. The third-order valence-corrected chi connectivity index (χ3v) is 5.01. The van der Waals surface area contributed by atoms with Crippen molar-refractivity contribution in [3.05, 3.63) is 24.2 Å². The van der Waals surface area contributed by atoms with Crippen molar-refractivity contribution in [2.75, 3.05) is 46.3 Å². The minimum Gasteiger partial charge on any atom is -0.459 e. The maximum Gasteiger partial charge on any atom is 0.289 e. The molecule has 0 unspecified atom stereocenters. The summed E-state index contributed by atoms with van der Waals surface area (Å²) < 4.78 is 5.22. The highest BCUT2D eigenvalue weighted by molar-refractivity contribution is 14.0. The van der Waals surface area contributed by atoms with Gasteiger partial charge in [-0.2, -0.15) is 0 Å². The van der Waals surface area contributed by atoms with Gasteiger partial charge in [0.15, 0.2) is 11.7 Å². The highest BCUT2D eigenvalue weighted by Gasteiger charge is 2.25. The van der Waals surface area contributed by atoms with Gasteiger partial charge in [0.05, 0.1) is 6.26 Å². The molecule has 160 valence electrons. The lowest BCUT2D eigenvalue weighted by Crippen LogP contribution is -2.54. The van der Waals surface area contributed by atoms with Crippen LogP contribution in [0.2, 0.25) is 0 Å². The van der Waals surface area contributed by atoms with E-state index in [4.69, 9.17) is 4.42 Å². The quantitative estimate of drug-likeness (QED) is 0.267. The number of halogens is 1. The molecule has 8 heteroatoms. The Morgan fingerprint density at radius 3 is 2.29 bits per heavy atom. The van der Waals surface area contributed by atoms with Gasteiger partial charge in [-0.3, -0.25) is 14.7 Å². The first kappa shape index (κ1) is 24.7. The summed E-state index contributed by atoms with van der Waals surface area (Å²) >= 11 is 0. The number of rotatable bonds is 7. The molecule has 2 heterocycles. The summed E-state index contributed by atoms with van der Waals surface area (Å²) in [5.41, 5.74) is 0. The number of aliphatic imine (C=N–C) groups is 1. The predicted molar refractivity (Wildman–Crippen MR) is 125 cm³/mol. The van der Waals surface area contributed by atoms with Gasteiger partial charge in [0.2, 0.25) is 0 Å². The molecule has 0 aliphatic carbocycles. The molecule has 1 N–H and O–H groups in total. The number of amides is 1. The number of guanidine groups is 1. The number of carbonyl (C=O) groups is 1. The molecule has 0 atom stereocenters. The molecule has 0 bridgehead atoms. The van der Waals surface area contributed by atoms with Gasteiger partial charge in [-0.1, -0.05) is 0 Å². The smallest absolute Gasteiger partial charge is 0.289 e. The molecular weight excluding hydrogens is 469 g/mol. The molecule has 0 aromatic carbocycles. The molecule has 1 fully saturated rings. The Bertz CT molecular complexity index is 588. The fraction of sp³-hybridized carbons (Fsp3) is 0.700. The van der Waals surface area contributed by atoms with Crippen molar-refractivity contribution in [3.63, 3.8) is 0 Å². The van der Waals surface area contributed by atoms with Gasteiger partial charge in [0.25, 0.3) is 5.91 Å². The summed E-state index contributed by atoms with van der Waals surface area (Å²) in [6, 6.07) is 4.58. The van der Waals surface area contributed by atoms with Crippen molar-refractivity contribution in [2.45, 2.75) is 46.2 Å². The molecule has 28 heavy (non-hydrogen) atoms. The van der Waals surface area contributed by atoms with E-state index < -0.39 is 0 Å². The molecule has 1 aromatic rings. The summed E-state index contributed by atoms with van der Waals surface area (Å²) in [6.45, 7) is 13.9. The van der Waals surface area contributed by atoms with Crippen LogP contribution in [0.25, 0.3) is 0 Å². The van der Waals surface area contributed by atoms with Gasteiger partial charge in [-0.05, 0) is 46.2 Å². The molecule has 1 amide bonds. The van der Waals surface area contributed by atoms with E-state index in [1.165, 1.54) is 6.26 Å². The van der Waals surface area contributed by atoms with Crippen molar-refractivity contribution in [3.8, 4) is 0 Å². The van der Waals surface area contributed by atoms with E-state index in [0.717, 1.165) is 38.6 Å². The van der Waals surface area contributed by atoms with Crippen LogP contribution in [-0.4, -0.2) is 85.0 Å². The Kier molecular flexibility index (Phi) is 10.9. The Balaban J connectivity index is 0.00000392. The van der Waals surface area contributed by atoms with Crippen molar-refractivity contribution < 1.29 is 9.21 Å². The number of hydrogen-bond donors (Lipinski definition) is 1. The zero-order chi connectivity index (χ0) is 19.8. The highest BCUT2D eigenvalue weighted by atomic mass is 127. The number of nitrogens with zero attached hydrogens (tertiary/aromatic N) is 4. The molecule has 0 spiro atoms. The Morgan fingerprint density at radius 1 is 1.18 bits per heavy atom. The molecule has 1 aromatic heterocycles. The number of carbonyl (C=O) groups excluding carboxylic acids is 1. The molecule has 2 rings (SSSR count). The third kappa shape index (κ3) is 6.95. The number of nitrogens with one attached hydrogen (secondary N) is 1. The minimum atomic E-state index is -0.0370. The third-order valence-electron chi connectivity index (χ3n) is 5.01.